The van der Waals surface area contributed by atoms with E-state index in [9.17, 15) is 13.0 Å². The summed E-state index contributed by atoms with van der Waals surface area (Å²) < 4.78 is 30.4. The molecule has 0 aromatic carbocycles. The molecule has 0 radical (unpaired) electrons. The fourth-order valence-electron chi connectivity index (χ4n) is 0.171. The van der Waals surface area contributed by atoms with Crippen LogP contribution in [0.25, 0.3) is 0 Å². The molecule has 9 heavy (non-hydrogen) atoms. The molecule has 0 amide bonds. The summed E-state index contributed by atoms with van der Waals surface area (Å²) in [5, 5.41) is 7.96. The summed E-state index contributed by atoms with van der Waals surface area (Å²) in [6.45, 7) is -0.576. The Hall–Kier alpha value is 0.830. The Kier molecular flexibility index (Phi) is 7.78. The van der Waals surface area contributed by atoms with Gasteiger partial charge in [-0.2, -0.15) is 0 Å². The molecular formula is C2H6NNaO4S. The smallest absolute Gasteiger partial charge is 0.735 e. The second-order valence-electron chi connectivity index (χ2n) is 1.07. The number of aliphatic hydroxyl groups is 1. The molecular weight excluding hydrogens is 157 g/mol. The second-order valence-corrected chi connectivity index (χ2v) is 2.27. The van der Waals surface area contributed by atoms with Gasteiger partial charge < -0.3 is 9.66 Å². The maximum absolute atomic E-state index is 9.61. The zero-order chi connectivity index (χ0) is 6.62. The first kappa shape index (κ1) is 12.5. The fraction of sp³-hybridized carbons (Fsp3) is 1.00. The van der Waals surface area contributed by atoms with Crippen molar-refractivity contribution in [2.75, 3.05) is 13.2 Å². The van der Waals surface area contributed by atoms with Crippen molar-refractivity contribution < 1.29 is 47.6 Å². The van der Waals surface area contributed by atoms with Crippen LogP contribution in [-0.4, -0.2) is 31.2 Å². The maximum Gasteiger partial charge on any atom is 1.00 e. The van der Waals surface area contributed by atoms with E-state index in [4.69, 9.17) is 5.11 Å². The van der Waals surface area contributed by atoms with Crippen molar-refractivity contribution in [3.05, 3.63) is 0 Å². The fourth-order valence-corrected chi connectivity index (χ4v) is 0.512. The van der Waals surface area contributed by atoms with E-state index in [1.54, 1.807) is 0 Å². The third-order valence-corrected chi connectivity index (χ3v) is 0.948. The number of hydrogen-bond donors (Lipinski definition) is 2. The van der Waals surface area contributed by atoms with Crippen LogP contribution >= 0.6 is 0 Å². The SMILES string of the molecule is O=S(=O)([O-])NCCO.[Na+]. The zero-order valence-electron chi connectivity index (χ0n) is 4.99. The second kappa shape index (κ2) is 5.60. The van der Waals surface area contributed by atoms with Crippen molar-refractivity contribution in [1.82, 2.24) is 4.72 Å². The first-order chi connectivity index (χ1) is 3.56. The summed E-state index contributed by atoms with van der Waals surface area (Å²) in [4.78, 5) is 0. The topological polar surface area (TPSA) is 89.5 Å². The van der Waals surface area contributed by atoms with Gasteiger partial charge in [0.1, 0.15) is 0 Å². The third kappa shape index (κ3) is 12.1. The average Bonchev–Trinajstić information content (AvgIpc) is 1.59. The van der Waals surface area contributed by atoms with E-state index < -0.39 is 10.3 Å². The van der Waals surface area contributed by atoms with E-state index in [0.717, 1.165) is 0 Å². The van der Waals surface area contributed by atoms with E-state index in [1.165, 1.54) is 4.72 Å². The molecule has 0 heterocycles. The summed E-state index contributed by atoms with van der Waals surface area (Å²) in [5.41, 5.74) is 0. The van der Waals surface area contributed by atoms with Crippen LogP contribution in [0, 0.1) is 0 Å². The number of nitrogens with one attached hydrogen (secondary N) is 1. The summed E-state index contributed by atoms with van der Waals surface area (Å²) in [5.74, 6) is 0. The molecule has 0 aliphatic rings. The number of hydrogen-bond acceptors (Lipinski definition) is 4. The van der Waals surface area contributed by atoms with Crippen molar-refractivity contribution in [3.63, 3.8) is 0 Å². The van der Waals surface area contributed by atoms with Crippen molar-refractivity contribution in [2.24, 2.45) is 0 Å². The van der Waals surface area contributed by atoms with Crippen molar-refractivity contribution in [3.8, 4) is 0 Å². The number of rotatable bonds is 3. The van der Waals surface area contributed by atoms with Gasteiger partial charge in [0.15, 0.2) is 10.3 Å². The van der Waals surface area contributed by atoms with Crippen molar-refractivity contribution in [2.45, 2.75) is 0 Å². The monoisotopic (exact) mass is 163 g/mol. The van der Waals surface area contributed by atoms with E-state index in [-0.39, 0.29) is 42.7 Å². The summed E-state index contributed by atoms with van der Waals surface area (Å²) in [6, 6.07) is 0. The Balaban J connectivity index is 0. The van der Waals surface area contributed by atoms with E-state index in [1.807, 2.05) is 0 Å². The predicted octanol–water partition coefficient (Wildman–Crippen LogP) is -4.97. The van der Waals surface area contributed by atoms with Gasteiger partial charge in [0.25, 0.3) is 0 Å². The normalized spacial score (nSPS) is 10.4. The molecule has 0 fully saturated rings. The Morgan fingerprint density at radius 3 is 2.11 bits per heavy atom. The standard InChI is InChI=1S/C2H7NO4S.Na/c4-2-1-3-8(5,6)7;/h3-4H,1-2H2,(H,5,6,7);/q;+1/p-1. The summed E-state index contributed by atoms with van der Waals surface area (Å²) >= 11 is 0. The van der Waals surface area contributed by atoms with E-state index in [0.29, 0.717) is 0 Å². The van der Waals surface area contributed by atoms with Gasteiger partial charge in [0, 0.05) is 6.54 Å². The molecule has 0 aromatic heterocycles. The van der Waals surface area contributed by atoms with Crippen LogP contribution in [-0.2, 0) is 10.3 Å². The van der Waals surface area contributed by atoms with Gasteiger partial charge in [-0.3, -0.25) is 0 Å². The summed E-state index contributed by atoms with van der Waals surface area (Å²) in [6.07, 6.45) is 0. The van der Waals surface area contributed by atoms with Gasteiger partial charge in [0.05, 0.1) is 6.61 Å². The quantitative estimate of drug-likeness (QED) is 0.322. The molecule has 0 unspecified atom stereocenters. The minimum absolute atomic E-state index is 0. The Morgan fingerprint density at radius 2 is 2.00 bits per heavy atom. The molecule has 0 aliphatic heterocycles. The molecule has 0 aromatic rings. The van der Waals surface area contributed by atoms with Gasteiger partial charge in [-0.15, -0.1) is 0 Å². The minimum Gasteiger partial charge on any atom is -0.735 e. The molecule has 50 valence electrons. The predicted molar refractivity (Wildman–Crippen MR) is 24.8 cm³/mol. The third-order valence-electron chi connectivity index (χ3n) is 0.391. The van der Waals surface area contributed by atoms with Crippen LogP contribution in [0.1, 0.15) is 0 Å². The van der Waals surface area contributed by atoms with Gasteiger partial charge in [-0.1, -0.05) is 0 Å². The first-order valence-corrected chi connectivity index (χ1v) is 3.28. The van der Waals surface area contributed by atoms with Gasteiger partial charge in [0.2, 0.25) is 0 Å². The molecule has 0 aliphatic carbocycles. The maximum atomic E-state index is 9.61. The molecule has 0 saturated heterocycles. The van der Waals surface area contributed by atoms with Crippen LogP contribution in [0.4, 0.5) is 0 Å². The van der Waals surface area contributed by atoms with Gasteiger partial charge in [-0.25, -0.2) is 13.1 Å². The van der Waals surface area contributed by atoms with Crippen LogP contribution in [0.3, 0.4) is 0 Å². The molecule has 0 atom stereocenters. The van der Waals surface area contributed by atoms with Crippen LogP contribution in [0.15, 0.2) is 0 Å². The largest absolute Gasteiger partial charge is 1.00 e. The average molecular weight is 163 g/mol. The molecule has 0 rings (SSSR count). The molecule has 0 spiro atoms. The first-order valence-electron chi connectivity index (χ1n) is 1.87. The Bertz CT molecular complexity index is 143. The summed E-state index contributed by atoms with van der Waals surface area (Å²) in [7, 11) is -4.35. The Labute approximate surface area is 75.6 Å². The Morgan fingerprint density at radius 1 is 1.56 bits per heavy atom. The zero-order valence-corrected chi connectivity index (χ0v) is 7.81. The molecule has 7 heteroatoms. The molecule has 2 N–H and O–H groups in total. The van der Waals surface area contributed by atoms with Crippen LogP contribution < -0.4 is 34.3 Å². The van der Waals surface area contributed by atoms with Gasteiger partial charge >= 0.3 is 29.6 Å². The van der Waals surface area contributed by atoms with E-state index in [2.05, 4.69) is 0 Å². The minimum atomic E-state index is -4.35. The van der Waals surface area contributed by atoms with Crippen molar-refractivity contribution >= 4 is 10.3 Å². The van der Waals surface area contributed by atoms with Gasteiger partial charge in [-0.05, 0) is 0 Å². The van der Waals surface area contributed by atoms with E-state index >= 15 is 0 Å². The molecule has 0 saturated carbocycles. The molecule has 0 bridgehead atoms. The van der Waals surface area contributed by atoms with Crippen LogP contribution in [0.2, 0.25) is 0 Å². The number of aliphatic hydroxyl groups excluding tert-OH is 1. The molecule has 5 nitrogen and oxygen atoms in total. The van der Waals surface area contributed by atoms with Crippen molar-refractivity contribution in [1.29, 1.82) is 0 Å². The van der Waals surface area contributed by atoms with Crippen LogP contribution in [0.5, 0.6) is 0 Å².